The number of methoxy groups -OCH3 is 1. The van der Waals surface area contributed by atoms with Gasteiger partial charge in [0.25, 0.3) is 0 Å². The van der Waals surface area contributed by atoms with Gasteiger partial charge in [-0.2, -0.15) is 13.2 Å². The van der Waals surface area contributed by atoms with Crippen LogP contribution in [0.5, 0.6) is 5.75 Å². The standard InChI is InChI=1S/C27H33F3N2O4/c1-4-32(25(33)18-31-12-6-7-13-31)17-20-16-21(27(28,29)30)9-10-22(20)23-14-19(8-11-24(23)35-3)15-26(34)36-5-2/h8-11,14,16H,4-7,12-13,15,17-18H2,1-3H3. The van der Waals surface area contributed by atoms with E-state index in [1.54, 1.807) is 30.0 Å². The summed E-state index contributed by atoms with van der Waals surface area (Å²) >= 11 is 0. The predicted molar refractivity (Wildman–Crippen MR) is 131 cm³/mol. The molecule has 1 heterocycles. The molecular formula is C27H33F3N2O4. The molecule has 36 heavy (non-hydrogen) atoms. The minimum atomic E-state index is -4.53. The van der Waals surface area contributed by atoms with Crippen LogP contribution in [0.2, 0.25) is 0 Å². The molecule has 1 saturated heterocycles. The normalized spacial score (nSPS) is 14.1. The monoisotopic (exact) mass is 506 g/mol. The number of ether oxygens (including phenoxy) is 2. The van der Waals surface area contributed by atoms with Crippen LogP contribution >= 0.6 is 0 Å². The van der Waals surface area contributed by atoms with Crippen LogP contribution in [0.1, 0.15) is 43.4 Å². The van der Waals surface area contributed by atoms with Gasteiger partial charge in [0.2, 0.25) is 5.91 Å². The molecule has 0 aromatic heterocycles. The third-order valence-electron chi connectivity index (χ3n) is 6.29. The second-order valence-electron chi connectivity index (χ2n) is 8.78. The van der Waals surface area contributed by atoms with Gasteiger partial charge in [0, 0.05) is 18.7 Å². The maximum atomic E-state index is 13.6. The average molecular weight is 507 g/mol. The number of carbonyl (C=O) groups excluding carboxylic acids is 2. The van der Waals surface area contributed by atoms with E-state index in [2.05, 4.69) is 4.90 Å². The number of halogens is 3. The number of likely N-dealkylation sites (tertiary alicyclic amines) is 1. The van der Waals surface area contributed by atoms with Crippen LogP contribution in [0.4, 0.5) is 13.2 Å². The molecule has 2 aromatic carbocycles. The molecule has 0 radical (unpaired) electrons. The molecule has 0 saturated carbocycles. The lowest BCUT2D eigenvalue weighted by Crippen LogP contribution is -2.39. The van der Waals surface area contributed by atoms with Crippen molar-refractivity contribution in [3.05, 3.63) is 53.1 Å². The molecule has 0 bridgehead atoms. The summed E-state index contributed by atoms with van der Waals surface area (Å²) in [7, 11) is 1.48. The molecule has 196 valence electrons. The first-order valence-corrected chi connectivity index (χ1v) is 12.2. The lowest BCUT2D eigenvalue weighted by atomic mass is 9.94. The van der Waals surface area contributed by atoms with E-state index in [1.807, 2.05) is 6.92 Å². The van der Waals surface area contributed by atoms with E-state index in [9.17, 15) is 22.8 Å². The summed E-state index contributed by atoms with van der Waals surface area (Å²) < 4.78 is 51.4. The average Bonchev–Trinajstić information content (AvgIpc) is 3.35. The molecule has 0 spiro atoms. The first-order chi connectivity index (χ1) is 17.2. The fourth-order valence-electron chi connectivity index (χ4n) is 4.43. The SMILES string of the molecule is CCOC(=O)Cc1ccc(OC)c(-c2ccc(C(F)(F)F)cc2CN(CC)C(=O)CN2CCCC2)c1. The van der Waals surface area contributed by atoms with Gasteiger partial charge in [0.1, 0.15) is 5.75 Å². The van der Waals surface area contributed by atoms with Gasteiger partial charge in [-0.25, -0.2) is 0 Å². The van der Waals surface area contributed by atoms with E-state index < -0.39 is 17.7 Å². The fourth-order valence-corrected chi connectivity index (χ4v) is 4.43. The number of hydrogen-bond donors (Lipinski definition) is 0. The molecule has 0 N–H and O–H groups in total. The quantitative estimate of drug-likeness (QED) is 0.428. The number of esters is 1. The number of hydrogen-bond acceptors (Lipinski definition) is 5. The number of carbonyl (C=O) groups is 2. The summed E-state index contributed by atoms with van der Waals surface area (Å²) in [6, 6.07) is 8.66. The van der Waals surface area contributed by atoms with Crippen molar-refractivity contribution in [1.82, 2.24) is 9.80 Å². The largest absolute Gasteiger partial charge is 0.496 e. The zero-order valence-electron chi connectivity index (χ0n) is 21.0. The van der Waals surface area contributed by atoms with E-state index in [0.717, 1.165) is 38.1 Å². The Morgan fingerprint density at radius 2 is 1.75 bits per heavy atom. The Bertz CT molecular complexity index is 1070. The lowest BCUT2D eigenvalue weighted by molar-refractivity contribution is -0.142. The van der Waals surface area contributed by atoms with Gasteiger partial charge in [-0.05, 0) is 80.7 Å². The van der Waals surface area contributed by atoms with Crippen molar-refractivity contribution in [3.63, 3.8) is 0 Å². The third-order valence-corrected chi connectivity index (χ3v) is 6.29. The first kappa shape index (κ1) is 27.5. The maximum absolute atomic E-state index is 13.6. The predicted octanol–water partition coefficient (Wildman–Crippen LogP) is 4.93. The molecule has 3 rings (SSSR count). The van der Waals surface area contributed by atoms with Crippen LogP contribution in [0.3, 0.4) is 0 Å². The maximum Gasteiger partial charge on any atom is 0.416 e. The molecular weight excluding hydrogens is 473 g/mol. The van der Waals surface area contributed by atoms with Crippen molar-refractivity contribution < 1.29 is 32.2 Å². The van der Waals surface area contributed by atoms with Crippen molar-refractivity contribution in [2.75, 3.05) is 39.9 Å². The zero-order chi connectivity index (χ0) is 26.3. The van der Waals surface area contributed by atoms with Gasteiger partial charge >= 0.3 is 12.1 Å². The molecule has 0 aliphatic carbocycles. The Labute approximate surface area is 210 Å². The second kappa shape index (κ2) is 12.3. The highest BCUT2D eigenvalue weighted by Gasteiger charge is 2.32. The van der Waals surface area contributed by atoms with Crippen molar-refractivity contribution in [3.8, 4) is 16.9 Å². The van der Waals surface area contributed by atoms with Crippen LogP contribution in [0.25, 0.3) is 11.1 Å². The van der Waals surface area contributed by atoms with Crippen LogP contribution in [0.15, 0.2) is 36.4 Å². The summed E-state index contributed by atoms with van der Waals surface area (Å²) in [5.41, 5.74) is 1.27. The van der Waals surface area contributed by atoms with Crippen LogP contribution in [-0.4, -0.2) is 61.6 Å². The molecule has 1 amide bonds. The van der Waals surface area contributed by atoms with Crippen LogP contribution < -0.4 is 4.74 Å². The second-order valence-corrected chi connectivity index (χ2v) is 8.78. The minimum Gasteiger partial charge on any atom is -0.496 e. The topological polar surface area (TPSA) is 59.1 Å². The smallest absolute Gasteiger partial charge is 0.416 e. The first-order valence-electron chi connectivity index (χ1n) is 12.2. The van der Waals surface area contributed by atoms with Crippen molar-refractivity contribution >= 4 is 11.9 Å². The van der Waals surface area contributed by atoms with E-state index in [0.29, 0.717) is 34.5 Å². The van der Waals surface area contributed by atoms with Gasteiger partial charge in [-0.15, -0.1) is 0 Å². The Kier molecular flexibility index (Phi) is 9.37. The Balaban J connectivity index is 2.01. The molecule has 1 fully saturated rings. The molecule has 9 heteroatoms. The summed E-state index contributed by atoms with van der Waals surface area (Å²) in [6.07, 6.45) is -2.42. The Morgan fingerprint density at radius 3 is 2.36 bits per heavy atom. The number of rotatable bonds is 10. The van der Waals surface area contributed by atoms with Gasteiger partial charge in [-0.3, -0.25) is 14.5 Å². The van der Waals surface area contributed by atoms with Crippen LogP contribution in [-0.2, 0) is 33.5 Å². The van der Waals surface area contributed by atoms with Crippen molar-refractivity contribution in [2.45, 2.75) is 45.8 Å². The number of benzene rings is 2. The number of nitrogens with zero attached hydrogens (tertiary/aromatic N) is 2. The minimum absolute atomic E-state index is 0.0215. The molecule has 0 atom stereocenters. The van der Waals surface area contributed by atoms with E-state index in [-0.39, 0.29) is 32.0 Å². The summed E-state index contributed by atoms with van der Waals surface area (Å²) in [5.74, 6) is -0.0632. The Morgan fingerprint density at radius 1 is 1.03 bits per heavy atom. The highest BCUT2D eigenvalue weighted by molar-refractivity contribution is 5.80. The van der Waals surface area contributed by atoms with Gasteiger partial charge in [0.05, 0.1) is 32.2 Å². The third kappa shape index (κ3) is 7.00. The fraction of sp³-hybridized carbons (Fsp3) is 0.481. The Hall–Kier alpha value is -3.07. The number of alkyl halides is 3. The highest BCUT2D eigenvalue weighted by atomic mass is 19.4. The lowest BCUT2D eigenvalue weighted by Gasteiger charge is -2.26. The molecule has 2 aromatic rings. The zero-order valence-corrected chi connectivity index (χ0v) is 21.0. The number of amides is 1. The van der Waals surface area contributed by atoms with Crippen molar-refractivity contribution in [1.29, 1.82) is 0 Å². The van der Waals surface area contributed by atoms with E-state index in [1.165, 1.54) is 13.2 Å². The van der Waals surface area contributed by atoms with Gasteiger partial charge in [-0.1, -0.05) is 12.1 Å². The van der Waals surface area contributed by atoms with Gasteiger partial charge in [0.15, 0.2) is 0 Å². The van der Waals surface area contributed by atoms with Crippen LogP contribution in [0, 0.1) is 0 Å². The number of likely N-dealkylation sites (N-methyl/N-ethyl adjacent to an activating group) is 1. The molecule has 1 aliphatic heterocycles. The molecule has 0 unspecified atom stereocenters. The molecule has 6 nitrogen and oxygen atoms in total. The summed E-state index contributed by atoms with van der Waals surface area (Å²) in [6.45, 7) is 6.12. The summed E-state index contributed by atoms with van der Waals surface area (Å²) in [4.78, 5) is 28.7. The van der Waals surface area contributed by atoms with Crippen molar-refractivity contribution in [2.24, 2.45) is 0 Å². The van der Waals surface area contributed by atoms with E-state index in [4.69, 9.17) is 9.47 Å². The summed E-state index contributed by atoms with van der Waals surface area (Å²) in [5, 5.41) is 0. The molecule has 1 aliphatic rings. The highest BCUT2D eigenvalue weighted by Crippen LogP contribution is 2.38. The van der Waals surface area contributed by atoms with E-state index >= 15 is 0 Å². The van der Waals surface area contributed by atoms with Gasteiger partial charge < -0.3 is 14.4 Å².